The van der Waals surface area contributed by atoms with Gasteiger partial charge >= 0.3 is 0 Å². The van der Waals surface area contributed by atoms with Crippen LogP contribution in [0.2, 0.25) is 0 Å². The molecule has 3 aliphatic rings. The van der Waals surface area contributed by atoms with E-state index in [4.69, 9.17) is 0 Å². The molecule has 3 aliphatic carbocycles. The minimum Gasteiger partial charge on any atom is -0.0699 e. The van der Waals surface area contributed by atoms with E-state index in [1.807, 2.05) is 5.57 Å². The van der Waals surface area contributed by atoms with Crippen LogP contribution in [-0.2, 0) is 0 Å². The Bertz CT molecular complexity index is 529. The van der Waals surface area contributed by atoms with E-state index in [0.717, 1.165) is 29.6 Å². The van der Waals surface area contributed by atoms with Gasteiger partial charge in [0, 0.05) is 0 Å². The summed E-state index contributed by atoms with van der Waals surface area (Å²) >= 11 is 0. The highest BCUT2D eigenvalue weighted by Crippen LogP contribution is 2.50. The molecular formula is C27H46. The maximum Gasteiger partial charge on any atom is -0.0169 e. The van der Waals surface area contributed by atoms with Gasteiger partial charge in [-0.3, -0.25) is 0 Å². The second kappa shape index (κ2) is 9.32. The fraction of sp³-hybridized carbons (Fsp3) is 0.852. The molecule has 5 atom stereocenters. The van der Waals surface area contributed by atoms with Gasteiger partial charge in [0.15, 0.2) is 0 Å². The molecule has 3 saturated carbocycles. The molecule has 0 aromatic rings. The normalized spacial score (nSPS) is 37.7. The summed E-state index contributed by atoms with van der Waals surface area (Å²) in [6.07, 6.45) is 22.4. The molecule has 0 aromatic carbocycles. The quantitative estimate of drug-likeness (QED) is 0.424. The van der Waals surface area contributed by atoms with Gasteiger partial charge in [0.25, 0.3) is 0 Å². The largest absolute Gasteiger partial charge is 0.0699 e. The first kappa shape index (κ1) is 21.2. The summed E-state index contributed by atoms with van der Waals surface area (Å²) < 4.78 is 0. The zero-order valence-corrected chi connectivity index (χ0v) is 19.0. The van der Waals surface area contributed by atoms with Crippen molar-refractivity contribution < 1.29 is 0 Å². The zero-order chi connectivity index (χ0) is 19.4. The van der Waals surface area contributed by atoms with Crippen molar-refractivity contribution in [2.45, 2.75) is 112 Å². The second-order valence-corrected chi connectivity index (χ2v) is 11.6. The van der Waals surface area contributed by atoms with Gasteiger partial charge in [-0.05, 0) is 92.8 Å². The Morgan fingerprint density at radius 3 is 2.44 bits per heavy atom. The summed E-state index contributed by atoms with van der Waals surface area (Å²) in [7, 11) is 0. The predicted molar refractivity (Wildman–Crippen MR) is 120 cm³/mol. The van der Waals surface area contributed by atoms with Crippen molar-refractivity contribution in [3.63, 3.8) is 0 Å². The van der Waals surface area contributed by atoms with Gasteiger partial charge < -0.3 is 0 Å². The maximum absolute atomic E-state index is 2.59. The minimum atomic E-state index is 0.515. The van der Waals surface area contributed by atoms with Crippen LogP contribution in [-0.4, -0.2) is 0 Å². The van der Waals surface area contributed by atoms with Gasteiger partial charge in [-0.1, -0.05) is 77.2 Å². The number of allylic oxidation sites excluding steroid dienone is 4. The summed E-state index contributed by atoms with van der Waals surface area (Å²) in [6.45, 7) is 12.0. The van der Waals surface area contributed by atoms with E-state index in [1.165, 1.54) is 77.0 Å². The smallest absolute Gasteiger partial charge is 0.0169 e. The van der Waals surface area contributed by atoms with Gasteiger partial charge in [0.1, 0.15) is 0 Å². The molecule has 0 bridgehead atoms. The van der Waals surface area contributed by atoms with Gasteiger partial charge in [0.2, 0.25) is 0 Å². The summed E-state index contributed by atoms with van der Waals surface area (Å²) in [6, 6.07) is 0. The van der Waals surface area contributed by atoms with E-state index in [-0.39, 0.29) is 0 Å². The fourth-order valence-electron chi connectivity index (χ4n) is 6.19. The maximum atomic E-state index is 2.59. The zero-order valence-electron chi connectivity index (χ0n) is 19.0. The lowest BCUT2D eigenvalue weighted by molar-refractivity contribution is 0.257. The van der Waals surface area contributed by atoms with E-state index in [0.29, 0.717) is 5.41 Å². The van der Waals surface area contributed by atoms with Gasteiger partial charge in [-0.15, -0.1) is 0 Å². The summed E-state index contributed by atoms with van der Waals surface area (Å²) in [5, 5.41) is 0. The Morgan fingerprint density at radius 2 is 1.70 bits per heavy atom. The monoisotopic (exact) mass is 370 g/mol. The highest BCUT2D eigenvalue weighted by atomic mass is 14.4. The van der Waals surface area contributed by atoms with Crippen molar-refractivity contribution in [1.82, 2.24) is 0 Å². The van der Waals surface area contributed by atoms with Gasteiger partial charge in [-0.25, -0.2) is 0 Å². The topological polar surface area (TPSA) is 0 Å². The third-order valence-corrected chi connectivity index (χ3v) is 8.21. The molecule has 0 heterocycles. The molecule has 3 fully saturated rings. The molecule has 3 rings (SSSR count). The first-order valence-electron chi connectivity index (χ1n) is 12.2. The lowest BCUT2D eigenvalue weighted by atomic mass is 9.73. The van der Waals surface area contributed by atoms with E-state index < -0.39 is 0 Å². The van der Waals surface area contributed by atoms with Crippen LogP contribution in [0.5, 0.6) is 0 Å². The van der Waals surface area contributed by atoms with Crippen molar-refractivity contribution in [2.24, 2.45) is 35.0 Å². The highest BCUT2D eigenvalue weighted by Gasteiger charge is 2.39. The van der Waals surface area contributed by atoms with Crippen LogP contribution in [0.15, 0.2) is 23.3 Å². The lowest BCUT2D eigenvalue weighted by Crippen LogP contribution is -2.21. The third-order valence-electron chi connectivity index (χ3n) is 8.21. The van der Waals surface area contributed by atoms with Crippen molar-refractivity contribution in [2.75, 3.05) is 0 Å². The fourth-order valence-corrected chi connectivity index (χ4v) is 6.19. The Balaban J connectivity index is 1.53. The van der Waals surface area contributed by atoms with E-state index in [9.17, 15) is 0 Å². The third kappa shape index (κ3) is 5.98. The molecule has 0 N–H and O–H groups in total. The van der Waals surface area contributed by atoms with Crippen molar-refractivity contribution in [3.05, 3.63) is 23.3 Å². The van der Waals surface area contributed by atoms with Crippen molar-refractivity contribution in [1.29, 1.82) is 0 Å². The molecule has 0 aromatic heterocycles. The van der Waals surface area contributed by atoms with Gasteiger partial charge in [-0.2, -0.15) is 0 Å². The van der Waals surface area contributed by atoms with Gasteiger partial charge in [0.05, 0.1) is 0 Å². The first-order chi connectivity index (χ1) is 12.8. The van der Waals surface area contributed by atoms with E-state index in [1.54, 1.807) is 5.57 Å². The molecule has 0 aliphatic heterocycles. The average Bonchev–Trinajstić information content (AvgIpc) is 3.03. The lowest BCUT2D eigenvalue weighted by Gasteiger charge is -2.32. The Labute approximate surface area is 170 Å². The molecule has 0 amide bonds. The second-order valence-electron chi connectivity index (χ2n) is 11.6. The molecule has 0 nitrogen and oxygen atoms in total. The molecule has 0 radical (unpaired) electrons. The molecular weight excluding hydrogens is 324 g/mol. The number of fused-ring (bicyclic) bond motifs is 1. The highest BCUT2D eigenvalue weighted by molar-refractivity contribution is 5.23. The number of hydrogen-bond acceptors (Lipinski definition) is 0. The van der Waals surface area contributed by atoms with Crippen LogP contribution in [0.3, 0.4) is 0 Å². The van der Waals surface area contributed by atoms with Crippen LogP contribution in [0, 0.1) is 35.0 Å². The Morgan fingerprint density at radius 1 is 0.889 bits per heavy atom. The number of hydrogen-bond donors (Lipinski definition) is 0. The minimum absolute atomic E-state index is 0.515. The molecule has 27 heavy (non-hydrogen) atoms. The van der Waals surface area contributed by atoms with E-state index >= 15 is 0 Å². The van der Waals surface area contributed by atoms with Crippen LogP contribution in [0.1, 0.15) is 112 Å². The first-order valence-corrected chi connectivity index (χ1v) is 12.2. The number of unbranched alkanes of at least 4 members (excludes halogenated alkanes) is 1. The summed E-state index contributed by atoms with van der Waals surface area (Å²) in [4.78, 5) is 0. The SMILES string of the molecule is CC1CC/C(=C/C=C2\CCCC3C(CCCCC(C)(C)C)CCC23)C[C@H]1C. The Hall–Kier alpha value is -0.520. The molecule has 0 heteroatoms. The predicted octanol–water partition coefficient (Wildman–Crippen LogP) is 8.73. The Kier molecular flexibility index (Phi) is 7.32. The van der Waals surface area contributed by atoms with Crippen LogP contribution >= 0.6 is 0 Å². The summed E-state index contributed by atoms with van der Waals surface area (Å²) in [5.74, 6) is 4.78. The molecule has 0 spiro atoms. The van der Waals surface area contributed by atoms with Crippen molar-refractivity contribution in [3.8, 4) is 0 Å². The number of rotatable bonds is 5. The standard InChI is InChI=1S/C27H46/c1-20-12-13-22(19-21(20)2)14-15-24-10-8-11-25-23(16-17-26(24)25)9-6-7-18-27(3,4)5/h14-15,20-21,23,25-26H,6-13,16-19H2,1-5H3/b22-14-,24-15+/t20?,21-,23?,25?,26?/m1/s1. The van der Waals surface area contributed by atoms with Crippen LogP contribution in [0.4, 0.5) is 0 Å². The van der Waals surface area contributed by atoms with Crippen molar-refractivity contribution >= 4 is 0 Å². The summed E-state index contributed by atoms with van der Waals surface area (Å²) in [5.41, 5.74) is 4.06. The van der Waals surface area contributed by atoms with Crippen LogP contribution < -0.4 is 0 Å². The average molecular weight is 371 g/mol. The molecule has 4 unspecified atom stereocenters. The molecule has 0 saturated heterocycles. The molecule has 154 valence electrons. The van der Waals surface area contributed by atoms with Crippen LogP contribution in [0.25, 0.3) is 0 Å². The van der Waals surface area contributed by atoms with E-state index in [2.05, 4.69) is 46.8 Å².